The van der Waals surface area contributed by atoms with Gasteiger partial charge in [-0.2, -0.15) is 0 Å². The Morgan fingerprint density at radius 1 is 1.43 bits per heavy atom. The van der Waals surface area contributed by atoms with Crippen molar-refractivity contribution in [1.82, 2.24) is 9.88 Å². The van der Waals surface area contributed by atoms with Gasteiger partial charge in [0.05, 0.1) is 18.4 Å². The number of likely N-dealkylation sites (N-methyl/N-ethyl adjacent to an activating group) is 1. The number of hydrogen-bond donors (Lipinski definition) is 1. The molecule has 0 aliphatic rings. The predicted octanol–water partition coefficient (Wildman–Crippen LogP) is 2.57. The largest absolute Gasteiger partial charge is 0.462 e. The first-order valence-corrected chi connectivity index (χ1v) is 7.92. The van der Waals surface area contributed by atoms with Crippen molar-refractivity contribution in [1.29, 1.82) is 0 Å². The highest BCUT2D eigenvalue weighted by molar-refractivity contribution is 7.13. The summed E-state index contributed by atoms with van der Waals surface area (Å²) in [6.45, 7) is 0.931. The number of unbranched alkanes of at least 4 members (excludes halogenated alkanes) is 2. The van der Waals surface area contributed by atoms with Crippen LogP contribution >= 0.6 is 11.3 Å². The molecule has 0 saturated heterocycles. The highest BCUT2D eigenvalue weighted by atomic mass is 32.1. The zero-order valence-electron chi connectivity index (χ0n) is 12.1. The number of aliphatic hydroxyl groups excluding tert-OH is 1. The molecule has 2 aromatic rings. The van der Waals surface area contributed by atoms with E-state index in [0.717, 1.165) is 35.7 Å². The van der Waals surface area contributed by atoms with Gasteiger partial charge in [-0.05, 0) is 31.4 Å². The topological polar surface area (TPSA) is 66.6 Å². The van der Waals surface area contributed by atoms with Crippen LogP contribution in [-0.2, 0) is 11.2 Å². The fourth-order valence-corrected chi connectivity index (χ4v) is 2.74. The van der Waals surface area contributed by atoms with Crippen LogP contribution in [0, 0.1) is 0 Å². The second-order valence-corrected chi connectivity index (χ2v) is 5.76. The minimum Gasteiger partial charge on any atom is -0.462 e. The smallest absolute Gasteiger partial charge is 0.228 e. The normalized spacial score (nSPS) is 10.8. The van der Waals surface area contributed by atoms with Crippen molar-refractivity contribution >= 4 is 17.2 Å². The first kappa shape index (κ1) is 15.7. The molecule has 0 radical (unpaired) electrons. The Morgan fingerprint density at radius 2 is 2.29 bits per heavy atom. The van der Waals surface area contributed by atoms with Crippen LogP contribution in [-0.4, -0.2) is 41.1 Å². The second-order valence-electron chi connectivity index (χ2n) is 4.90. The van der Waals surface area contributed by atoms with Crippen molar-refractivity contribution in [3.63, 3.8) is 0 Å². The molecule has 1 amide bonds. The monoisotopic (exact) mass is 308 g/mol. The zero-order valence-corrected chi connectivity index (χ0v) is 12.9. The van der Waals surface area contributed by atoms with Gasteiger partial charge in [-0.15, -0.1) is 11.3 Å². The number of nitrogens with zero attached hydrogens (tertiary/aromatic N) is 2. The third-order valence-corrected chi connectivity index (χ3v) is 4.10. The van der Waals surface area contributed by atoms with E-state index in [1.165, 1.54) is 11.3 Å². The summed E-state index contributed by atoms with van der Waals surface area (Å²) in [4.78, 5) is 18.2. The van der Waals surface area contributed by atoms with E-state index >= 15 is 0 Å². The average molecular weight is 308 g/mol. The molecule has 0 bridgehead atoms. The van der Waals surface area contributed by atoms with E-state index in [2.05, 4.69) is 4.98 Å². The standard InChI is InChI=1S/C15H20N2O3S/c1-17(7-3-2-4-8-18)14(19)10-12-11-21-15(16-12)13-6-5-9-20-13/h5-6,9,11,18H,2-4,7-8,10H2,1H3. The van der Waals surface area contributed by atoms with Gasteiger partial charge in [-0.3, -0.25) is 4.79 Å². The van der Waals surface area contributed by atoms with Gasteiger partial charge in [-0.25, -0.2) is 4.98 Å². The molecule has 0 unspecified atom stereocenters. The molecule has 0 aliphatic carbocycles. The SMILES string of the molecule is CN(CCCCCO)C(=O)Cc1csc(-c2ccco2)n1. The number of aliphatic hydroxyl groups is 1. The Bertz CT molecular complexity index is 551. The van der Waals surface area contributed by atoms with E-state index in [1.807, 2.05) is 17.5 Å². The maximum atomic E-state index is 12.1. The van der Waals surface area contributed by atoms with Crippen LogP contribution in [0.25, 0.3) is 10.8 Å². The number of furan rings is 1. The molecule has 0 atom stereocenters. The highest BCUT2D eigenvalue weighted by Crippen LogP contribution is 2.24. The molecule has 2 rings (SSSR count). The minimum atomic E-state index is 0.0651. The summed E-state index contributed by atoms with van der Waals surface area (Å²) in [5.41, 5.74) is 0.776. The number of aromatic nitrogens is 1. The van der Waals surface area contributed by atoms with Gasteiger partial charge in [0.1, 0.15) is 0 Å². The Labute approximate surface area is 128 Å². The van der Waals surface area contributed by atoms with Gasteiger partial charge >= 0.3 is 0 Å². The van der Waals surface area contributed by atoms with Crippen molar-refractivity contribution in [2.45, 2.75) is 25.7 Å². The second kappa shape index (κ2) is 7.95. The number of rotatable bonds is 8. The summed E-state index contributed by atoms with van der Waals surface area (Å²) in [6.07, 6.45) is 4.57. The molecular formula is C15H20N2O3S. The molecule has 1 N–H and O–H groups in total. The number of carbonyl (C=O) groups excluding carboxylic acids is 1. The van der Waals surface area contributed by atoms with Crippen LogP contribution in [0.3, 0.4) is 0 Å². The Hall–Kier alpha value is -1.66. The summed E-state index contributed by atoms with van der Waals surface area (Å²) in [5.74, 6) is 0.798. The van der Waals surface area contributed by atoms with Crippen molar-refractivity contribution in [3.05, 3.63) is 29.5 Å². The third kappa shape index (κ3) is 4.68. The van der Waals surface area contributed by atoms with Gasteiger partial charge in [0.2, 0.25) is 5.91 Å². The molecule has 0 aromatic carbocycles. The number of hydrogen-bond acceptors (Lipinski definition) is 5. The van der Waals surface area contributed by atoms with Crippen molar-refractivity contribution in [3.8, 4) is 10.8 Å². The van der Waals surface area contributed by atoms with E-state index in [9.17, 15) is 4.79 Å². The lowest BCUT2D eigenvalue weighted by Gasteiger charge is -2.16. The lowest BCUT2D eigenvalue weighted by Crippen LogP contribution is -2.29. The number of thiazole rings is 1. The van der Waals surface area contributed by atoms with Gasteiger partial charge < -0.3 is 14.4 Å². The molecule has 0 aliphatic heterocycles. The van der Waals surface area contributed by atoms with E-state index in [-0.39, 0.29) is 12.5 Å². The fourth-order valence-electron chi connectivity index (χ4n) is 1.95. The van der Waals surface area contributed by atoms with E-state index in [4.69, 9.17) is 9.52 Å². The molecule has 2 aromatic heterocycles. The fraction of sp³-hybridized carbons (Fsp3) is 0.467. The van der Waals surface area contributed by atoms with Crippen LogP contribution < -0.4 is 0 Å². The summed E-state index contributed by atoms with van der Waals surface area (Å²) >= 11 is 1.48. The average Bonchev–Trinajstić information content (AvgIpc) is 3.13. The van der Waals surface area contributed by atoms with Crippen LogP contribution in [0.15, 0.2) is 28.2 Å². The van der Waals surface area contributed by atoms with E-state index in [1.54, 1.807) is 18.2 Å². The maximum absolute atomic E-state index is 12.1. The van der Waals surface area contributed by atoms with Crippen LogP contribution in [0.5, 0.6) is 0 Å². The molecule has 2 heterocycles. The van der Waals surface area contributed by atoms with Crippen molar-refractivity contribution < 1.29 is 14.3 Å². The highest BCUT2D eigenvalue weighted by Gasteiger charge is 2.13. The molecule has 0 spiro atoms. The summed E-state index contributed by atoms with van der Waals surface area (Å²) in [7, 11) is 1.81. The Morgan fingerprint density at radius 3 is 3.00 bits per heavy atom. The van der Waals surface area contributed by atoms with E-state index in [0.29, 0.717) is 13.0 Å². The van der Waals surface area contributed by atoms with Crippen LogP contribution in [0.1, 0.15) is 25.0 Å². The molecule has 0 saturated carbocycles. The Kier molecular flexibility index (Phi) is 5.95. The van der Waals surface area contributed by atoms with Gasteiger partial charge in [0.15, 0.2) is 10.8 Å². The predicted molar refractivity (Wildman–Crippen MR) is 82.1 cm³/mol. The summed E-state index contributed by atoms with van der Waals surface area (Å²) in [5, 5.41) is 11.4. The van der Waals surface area contributed by atoms with Crippen molar-refractivity contribution in [2.24, 2.45) is 0 Å². The van der Waals surface area contributed by atoms with Gasteiger partial charge in [0, 0.05) is 25.6 Å². The molecule has 114 valence electrons. The first-order chi connectivity index (χ1) is 10.2. The number of carbonyl (C=O) groups is 1. The molecule has 5 nitrogen and oxygen atoms in total. The first-order valence-electron chi connectivity index (χ1n) is 7.04. The maximum Gasteiger partial charge on any atom is 0.228 e. The lowest BCUT2D eigenvalue weighted by atomic mass is 10.2. The molecule has 21 heavy (non-hydrogen) atoms. The molecule has 6 heteroatoms. The van der Waals surface area contributed by atoms with Crippen LogP contribution in [0.2, 0.25) is 0 Å². The van der Waals surface area contributed by atoms with Gasteiger partial charge in [-0.1, -0.05) is 0 Å². The molecule has 0 fully saturated rings. The van der Waals surface area contributed by atoms with Crippen LogP contribution in [0.4, 0.5) is 0 Å². The minimum absolute atomic E-state index is 0.0651. The summed E-state index contributed by atoms with van der Waals surface area (Å²) in [6, 6.07) is 3.68. The number of amides is 1. The quantitative estimate of drug-likeness (QED) is 0.761. The molecular weight excluding hydrogens is 288 g/mol. The Balaban J connectivity index is 1.82. The van der Waals surface area contributed by atoms with Gasteiger partial charge in [0.25, 0.3) is 0 Å². The summed E-state index contributed by atoms with van der Waals surface area (Å²) < 4.78 is 5.29. The third-order valence-electron chi connectivity index (χ3n) is 3.19. The van der Waals surface area contributed by atoms with E-state index < -0.39 is 0 Å². The van der Waals surface area contributed by atoms with Crippen molar-refractivity contribution in [2.75, 3.05) is 20.2 Å². The zero-order chi connectivity index (χ0) is 15.1. The lowest BCUT2D eigenvalue weighted by molar-refractivity contribution is -0.129.